The van der Waals surface area contributed by atoms with Crippen molar-refractivity contribution in [3.05, 3.63) is 51.0 Å². The van der Waals surface area contributed by atoms with Gasteiger partial charge in [-0.25, -0.2) is 14.8 Å². The van der Waals surface area contributed by atoms with Crippen LogP contribution in [0.1, 0.15) is 28.0 Å². The molecule has 0 atom stereocenters. The molecule has 0 aliphatic carbocycles. The molecule has 0 bridgehead atoms. The second kappa shape index (κ2) is 6.40. The number of aromatic amines is 1. The molecule has 7 nitrogen and oxygen atoms in total. The molecule has 2 N–H and O–H groups in total. The predicted octanol–water partition coefficient (Wildman–Crippen LogP) is 2.41. The Bertz CT molecular complexity index is 963. The molecule has 1 aromatic carbocycles. The fourth-order valence-electron chi connectivity index (χ4n) is 2.45. The number of carboxylic acids is 1. The molecule has 0 saturated carbocycles. The van der Waals surface area contributed by atoms with Crippen LogP contribution < -0.4 is 10.5 Å². The van der Waals surface area contributed by atoms with Crippen LogP contribution in [0.5, 0.6) is 0 Å². The van der Waals surface area contributed by atoms with E-state index in [-0.39, 0.29) is 10.4 Å². The highest BCUT2D eigenvalue weighted by atomic mass is 32.1. The van der Waals surface area contributed by atoms with Crippen molar-refractivity contribution in [2.45, 2.75) is 20.4 Å². The van der Waals surface area contributed by atoms with Gasteiger partial charge in [-0.1, -0.05) is 17.4 Å². The molecule has 0 aliphatic heterocycles. The van der Waals surface area contributed by atoms with E-state index in [0.29, 0.717) is 34.9 Å². The number of carboxylic acid groups (broad SMARTS) is 1. The Kier molecular flexibility index (Phi) is 4.30. The first-order valence-electron chi connectivity index (χ1n) is 7.41. The van der Waals surface area contributed by atoms with Crippen LogP contribution in [0, 0.1) is 6.92 Å². The Morgan fingerprint density at radius 3 is 2.88 bits per heavy atom. The van der Waals surface area contributed by atoms with Gasteiger partial charge in [-0.15, -0.1) is 0 Å². The maximum atomic E-state index is 12.1. The van der Waals surface area contributed by atoms with Gasteiger partial charge < -0.3 is 15.0 Å². The highest BCUT2D eigenvalue weighted by Crippen LogP contribution is 2.24. The largest absolute Gasteiger partial charge is 0.477 e. The number of carbonyl (C=O) groups is 1. The molecule has 124 valence electrons. The number of hydrogen-bond acceptors (Lipinski definition) is 6. The zero-order valence-corrected chi connectivity index (χ0v) is 14.1. The molecule has 0 fully saturated rings. The topological polar surface area (TPSA) is 99.2 Å². The van der Waals surface area contributed by atoms with Gasteiger partial charge in [0, 0.05) is 13.1 Å². The summed E-state index contributed by atoms with van der Waals surface area (Å²) in [5, 5.41) is 10.2. The summed E-state index contributed by atoms with van der Waals surface area (Å²) in [6.45, 7) is 4.93. The SMILES string of the molecule is CCN(Cc1ccc2nc(C)[nH]c(=O)c2c1)c1ncc(C(=O)O)s1. The van der Waals surface area contributed by atoms with Crippen LogP contribution in [0.2, 0.25) is 0 Å². The third kappa shape index (κ3) is 3.13. The number of H-pyrrole nitrogens is 1. The molecule has 3 rings (SSSR count). The maximum Gasteiger partial charge on any atom is 0.347 e. The second-order valence-corrected chi connectivity index (χ2v) is 6.34. The highest BCUT2D eigenvalue weighted by molar-refractivity contribution is 7.17. The smallest absolute Gasteiger partial charge is 0.347 e. The van der Waals surface area contributed by atoms with Gasteiger partial charge in [0.05, 0.1) is 17.1 Å². The van der Waals surface area contributed by atoms with Gasteiger partial charge in [-0.3, -0.25) is 4.79 Å². The molecular weight excluding hydrogens is 328 g/mol. The Morgan fingerprint density at radius 1 is 1.42 bits per heavy atom. The molecule has 0 amide bonds. The first-order chi connectivity index (χ1) is 11.5. The molecule has 3 aromatic rings. The van der Waals surface area contributed by atoms with Crippen LogP contribution in [0.15, 0.2) is 29.2 Å². The minimum atomic E-state index is -0.978. The van der Waals surface area contributed by atoms with Gasteiger partial charge in [0.1, 0.15) is 10.7 Å². The summed E-state index contributed by atoms with van der Waals surface area (Å²) in [4.78, 5) is 36.4. The van der Waals surface area contributed by atoms with Crippen molar-refractivity contribution >= 4 is 33.3 Å². The molecule has 24 heavy (non-hydrogen) atoms. The number of nitrogens with zero attached hydrogens (tertiary/aromatic N) is 3. The van der Waals surface area contributed by atoms with Gasteiger partial charge in [-0.05, 0) is 31.5 Å². The lowest BCUT2D eigenvalue weighted by atomic mass is 10.1. The van der Waals surface area contributed by atoms with Crippen LogP contribution in [0.4, 0.5) is 5.13 Å². The van der Waals surface area contributed by atoms with E-state index in [4.69, 9.17) is 5.11 Å². The molecule has 2 aromatic heterocycles. The third-order valence-electron chi connectivity index (χ3n) is 3.62. The minimum Gasteiger partial charge on any atom is -0.477 e. The molecule has 0 unspecified atom stereocenters. The van der Waals surface area contributed by atoms with Crippen molar-refractivity contribution in [3.8, 4) is 0 Å². The molecule has 0 saturated heterocycles. The minimum absolute atomic E-state index is 0.162. The van der Waals surface area contributed by atoms with Crippen molar-refractivity contribution in [2.75, 3.05) is 11.4 Å². The van der Waals surface area contributed by atoms with Gasteiger partial charge in [0.25, 0.3) is 5.56 Å². The fourth-order valence-corrected chi connectivity index (χ4v) is 3.26. The summed E-state index contributed by atoms with van der Waals surface area (Å²) < 4.78 is 0. The van der Waals surface area contributed by atoms with Gasteiger partial charge in [0.15, 0.2) is 5.13 Å². The van der Waals surface area contributed by atoms with E-state index in [2.05, 4.69) is 15.0 Å². The van der Waals surface area contributed by atoms with Crippen molar-refractivity contribution in [1.29, 1.82) is 0 Å². The summed E-state index contributed by atoms with van der Waals surface area (Å²) in [7, 11) is 0. The molecule has 0 aliphatic rings. The van der Waals surface area contributed by atoms with Crippen LogP contribution in [-0.2, 0) is 6.54 Å². The number of aryl methyl sites for hydroxylation is 1. The monoisotopic (exact) mass is 344 g/mol. The fraction of sp³-hybridized carbons (Fsp3) is 0.250. The van der Waals surface area contributed by atoms with Crippen molar-refractivity contribution in [2.24, 2.45) is 0 Å². The summed E-state index contributed by atoms with van der Waals surface area (Å²) >= 11 is 1.14. The number of thiazole rings is 1. The van der Waals surface area contributed by atoms with Crippen LogP contribution in [-0.4, -0.2) is 32.6 Å². The van der Waals surface area contributed by atoms with Gasteiger partial charge in [0.2, 0.25) is 0 Å². The van der Waals surface area contributed by atoms with Crippen LogP contribution in [0.3, 0.4) is 0 Å². The first-order valence-corrected chi connectivity index (χ1v) is 8.23. The Morgan fingerprint density at radius 2 is 2.21 bits per heavy atom. The number of fused-ring (bicyclic) bond motifs is 1. The molecule has 0 radical (unpaired) electrons. The normalized spacial score (nSPS) is 10.9. The van der Waals surface area contributed by atoms with E-state index in [1.807, 2.05) is 30.0 Å². The average Bonchev–Trinajstić information content (AvgIpc) is 3.03. The van der Waals surface area contributed by atoms with E-state index in [9.17, 15) is 9.59 Å². The van der Waals surface area contributed by atoms with E-state index < -0.39 is 5.97 Å². The summed E-state index contributed by atoms with van der Waals surface area (Å²) in [6.07, 6.45) is 1.36. The highest BCUT2D eigenvalue weighted by Gasteiger charge is 2.14. The number of aromatic nitrogens is 3. The van der Waals surface area contributed by atoms with E-state index in [1.165, 1.54) is 6.20 Å². The quantitative estimate of drug-likeness (QED) is 0.737. The van der Waals surface area contributed by atoms with Crippen molar-refractivity contribution in [1.82, 2.24) is 15.0 Å². The number of hydrogen-bond donors (Lipinski definition) is 2. The second-order valence-electron chi connectivity index (χ2n) is 5.33. The zero-order valence-electron chi connectivity index (χ0n) is 13.2. The lowest BCUT2D eigenvalue weighted by Crippen LogP contribution is -2.22. The van der Waals surface area contributed by atoms with Crippen molar-refractivity contribution < 1.29 is 9.90 Å². The zero-order chi connectivity index (χ0) is 17.3. The summed E-state index contributed by atoms with van der Waals surface area (Å²) in [5.74, 6) is -0.395. The third-order valence-corrected chi connectivity index (χ3v) is 4.66. The Balaban J connectivity index is 1.91. The maximum absolute atomic E-state index is 12.1. The predicted molar refractivity (Wildman–Crippen MR) is 92.9 cm³/mol. The van der Waals surface area contributed by atoms with E-state index in [0.717, 1.165) is 16.9 Å². The average molecular weight is 344 g/mol. The number of aromatic carboxylic acids is 1. The molecule has 8 heteroatoms. The van der Waals surface area contributed by atoms with Gasteiger partial charge in [-0.2, -0.15) is 0 Å². The van der Waals surface area contributed by atoms with E-state index in [1.54, 1.807) is 6.92 Å². The standard InChI is InChI=1S/C16H16N4O3S/c1-3-20(16-17-7-13(24-16)15(22)23)8-10-4-5-12-11(6-10)14(21)19-9(2)18-12/h4-7H,3,8H2,1-2H3,(H,22,23)(H,18,19,21). The summed E-state index contributed by atoms with van der Waals surface area (Å²) in [5.41, 5.74) is 1.43. The lowest BCUT2D eigenvalue weighted by Gasteiger charge is -2.19. The molecule has 2 heterocycles. The number of nitrogens with one attached hydrogen (secondary N) is 1. The van der Waals surface area contributed by atoms with Crippen molar-refractivity contribution in [3.63, 3.8) is 0 Å². The number of benzene rings is 1. The molecule has 0 spiro atoms. The number of anilines is 1. The Labute approximate surface area is 141 Å². The van der Waals surface area contributed by atoms with E-state index >= 15 is 0 Å². The first kappa shape index (κ1) is 16.1. The van der Waals surface area contributed by atoms with Crippen LogP contribution in [0.25, 0.3) is 10.9 Å². The lowest BCUT2D eigenvalue weighted by molar-refractivity contribution is 0.0702. The van der Waals surface area contributed by atoms with Gasteiger partial charge >= 0.3 is 5.97 Å². The number of rotatable bonds is 5. The molecular formula is C16H16N4O3S. The summed E-state index contributed by atoms with van der Waals surface area (Å²) in [6, 6.07) is 5.56. The Hall–Kier alpha value is -2.74. The van der Waals surface area contributed by atoms with Crippen LogP contribution >= 0.6 is 11.3 Å².